The molecule has 2 saturated heterocycles. The molecule has 5 nitrogen and oxygen atoms in total. The molecule has 2 unspecified atom stereocenters. The first kappa shape index (κ1) is 15.1. The average Bonchev–Trinajstić information content (AvgIpc) is 2.81. The molecule has 1 N–H and O–H groups in total. The van der Waals surface area contributed by atoms with Crippen molar-refractivity contribution < 1.29 is 14.3 Å². The van der Waals surface area contributed by atoms with Gasteiger partial charge in [0.1, 0.15) is 5.60 Å². The molecule has 2 aliphatic rings. The molecule has 2 atom stereocenters. The molecule has 0 saturated carbocycles. The van der Waals surface area contributed by atoms with Crippen molar-refractivity contribution in [2.24, 2.45) is 11.8 Å². The summed E-state index contributed by atoms with van der Waals surface area (Å²) in [6.07, 6.45) is 1.36. The summed E-state index contributed by atoms with van der Waals surface area (Å²) in [5.41, 5.74) is -0.713. The van der Waals surface area contributed by atoms with Gasteiger partial charge in [-0.3, -0.25) is 4.79 Å². The molecule has 2 amide bonds. The fraction of sp³-hybridized carbons (Fsp3) is 0.867. The average molecular weight is 282 g/mol. The van der Waals surface area contributed by atoms with Gasteiger partial charge in [0.25, 0.3) is 0 Å². The number of carbonyl (C=O) groups is 2. The number of likely N-dealkylation sites (tertiary alicyclic amines) is 1. The van der Waals surface area contributed by atoms with E-state index in [1.54, 1.807) is 4.90 Å². The van der Waals surface area contributed by atoms with Crippen LogP contribution in [0.3, 0.4) is 0 Å². The fourth-order valence-corrected chi connectivity index (χ4v) is 3.08. The first-order valence-electron chi connectivity index (χ1n) is 7.42. The van der Waals surface area contributed by atoms with Crippen LogP contribution in [0.1, 0.15) is 47.5 Å². The molecule has 114 valence electrons. The summed E-state index contributed by atoms with van der Waals surface area (Å²) in [7, 11) is 0. The molecule has 0 bridgehead atoms. The Balaban J connectivity index is 1.99. The van der Waals surface area contributed by atoms with Gasteiger partial charge in [0.05, 0.1) is 5.54 Å². The molecular formula is C15H26N2O3. The Labute approximate surface area is 121 Å². The van der Waals surface area contributed by atoms with Gasteiger partial charge in [-0.15, -0.1) is 0 Å². The predicted molar refractivity (Wildman–Crippen MR) is 76.2 cm³/mol. The second-order valence-electron chi connectivity index (χ2n) is 7.48. The van der Waals surface area contributed by atoms with Gasteiger partial charge in [0.15, 0.2) is 0 Å². The molecule has 0 aromatic heterocycles. The second-order valence-corrected chi connectivity index (χ2v) is 7.48. The van der Waals surface area contributed by atoms with E-state index in [1.165, 1.54) is 0 Å². The number of nitrogens with zero attached hydrogens (tertiary/aromatic N) is 1. The van der Waals surface area contributed by atoms with Crippen molar-refractivity contribution in [3.05, 3.63) is 0 Å². The topological polar surface area (TPSA) is 58.6 Å². The van der Waals surface area contributed by atoms with E-state index in [2.05, 4.69) is 19.2 Å². The van der Waals surface area contributed by atoms with Crippen molar-refractivity contribution in [3.8, 4) is 0 Å². The highest BCUT2D eigenvalue weighted by atomic mass is 16.6. The van der Waals surface area contributed by atoms with Crippen molar-refractivity contribution in [3.63, 3.8) is 0 Å². The van der Waals surface area contributed by atoms with Gasteiger partial charge in [-0.1, -0.05) is 13.8 Å². The molecule has 2 heterocycles. The normalized spacial score (nSPS) is 30.2. The van der Waals surface area contributed by atoms with Crippen molar-refractivity contribution in [2.45, 2.75) is 58.6 Å². The van der Waals surface area contributed by atoms with Gasteiger partial charge in [0.2, 0.25) is 5.91 Å². The number of amides is 2. The van der Waals surface area contributed by atoms with Crippen LogP contribution in [0.2, 0.25) is 0 Å². The minimum atomic E-state index is -0.480. The lowest BCUT2D eigenvalue weighted by atomic mass is 9.86. The van der Waals surface area contributed by atoms with Gasteiger partial charge in [-0.2, -0.15) is 0 Å². The molecule has 0 aromatic carbocycles. The lowest BCUT2D eigenvalue weighted by Gasteiger charge is -2.27. The van der Waals surface area contributed by atoms with E-state index in [9.17, 15) is 9.59 Å². The molecule has 20 heavy (non-hydrogen) atoms. The molecular weight excluding hydrogens is 256 g/mol. The van der Waals surface area contributed by atoms with Crippen molar-refractivity contribution >= 4 is 12.0 Å². The highest BCUT2D eigenvalue weighted by Crippen LogP contribution is 2.37. The van der Waals surface area contributed by atoms with Gasteiger partial charge in [-0.05, 0) is 39.5 Å². The van der Waals surface area contributed by atoms with Crippen molar-refractivity contribution in [1.29, 1.82) is 0 Å². The lowest BCUT2D eigenvalue weighted by Crippen LogP contribution is -2.45. The third kappa shape index (κ3) is 3.07. The van der Waals surface area contributed by atoms with Crippen LogP contribution < -0.4 is 5.32 Å². The monoisotopic (exact) mass is 282 g/mol. The second kappa shape index (κ2) is 4.93. The third-order valence-electron chi connectivity index (χ3n) is 4.15. The molecule has 0 aliphatic carbocycles. The standard InChI is InChI=1S/C15H26N2O3/c1-10(2)11-8-15(16-12(11)18)6-7-17(9-15)13(19)20-14(3,4)5/h10-11H,6-9H2,1-5H3,(H,16,18). The van der Waals surface area contributed by atoms with Crippen molar-refractivity contribution in [1.82, 2.24) is 10.2 Å². The maximum atomic E-state index is 12.1. The van der Waals surface area contributed by atoms with Crippen LogP contribution in [-0.4, -0.2) is 41.1 Å². The maximum Gasteiger partial charge on any atom is 0.410 e. The molecule has 1 spiro atoms. The zero-order valence-electron chi connectivity index (χ0n) is 13.2. The summed E-state index contributed by atoms with van der Waals surface area (Å²) in [6.45, 7) is 11.0. The minimum absolute atomic E-state index is 0.0635. The minimum Gasteiger partial charge on any atom is -0.444 e. The number of ether oxygens (including phenoxy) is 1. The van der Waals surface area contributed by atoms with Gasteiger partial charge in [-0.25, -0.2) is 4.79 Å². The highest BCUT2D eigenvalue weighted by molar-refractivity contribution is 5.83. The van der Waals surface area contributed by atoms with Crippen LogP contribution in [0.15, 0.2) is 0 Å². The van der Waals surface area contributed by atoms with E-state index >= 15 is 0 Å². The Morgan fingerprint density at radius 2 is 2.10 bits per heavy atom. The summed E-state index contributed by atoms with van der Waals surface area (Å²) in [5, 5.41) is 3.12. The molecule has 0 aromatic rings. The maximum absolute atomic E-state index is 12.1. The van der Waals surface area contributed by atoms with Crippen LogP contribution in [0.5, 0.6) is 0 Å². The molecule has 0 radical (unpaired) electrons. The number of rotatable bonds is 1. The molecule has 5 heteroatoms. The molecule has 2 fully saturated rings. The quantitative estimate of drug-likeness (QED) is 0.801. The zero-order valence-corrected chi connectivity index (χ0v) is 13.2. The summed E-state index contributed by atoms with van der Waals surface area (Å²) < 4.78 is 5.40. The van der Waals surface area contributed by atoms with Crippen LogP contribution in [0, 0.1) is 11.8 Å². The van der Waals surface area contributed by atoms with Crippen LogP contribution >= 0.6 is 0 Å². The van der Waals surface area contributed by atoms with Crippen molar-refractivity contribution in [2.75, 3.05) is 13.1 Å². The summed E-state index contributed by atoms with van der Waals surface area (Å²) in [4.78, 5) is 25.8. The van der Waals surface area contributed by atoms with Gasteiger partial charge < -0.3 is 15.0 Å². The number of carbonyl (C=O) groups excluding carboxylic acids is 2. The predicted octanol–water partition coefficient (Wildman–Crippen LogP) is 2.16. The van der Waals surface area contributed by atoms with E-state index in [-0.39, 0.29) is 23.5 Å². The smallest absolute Gasteiger partial charge is 0.410 e. The number of hydrogen-bond donors (Lipinski definition) is 1. The van der Waals surface area contributed by atoms with E-state index in [0.29, 0.717) is 19.0 Å². The summed E-state index contributed by atoms with van der Waals surface area (Å²) in [5.74, 6) is 0.532. The lowest BCUT2D eigenvalue weighted by molar-refractivity contribution is -0.123. The first-order valence-corrected chi connectivity index (χ1v) is 7.42. The Bertz CT molecular complexity index is 414. The third-order valence-corrected chi connectivity index (χ3v) is 4.15. The molecule has 2 aliphatic heterocycles. The largest absolute Gasteiger partial charge is 0.444 e. The Hall–Kier alpha value is -1.26. The zero-order chi connectivity index (χ0) is 15.1. The van der Waals surface area contributed by atoms with E-state index in [1.807, 2.05) is 20.8 Å². The van der Waals surface area contributed by atoms with Crippen LogP contribution in [0.25, 0.3) is 0 Å². The SMILES string of the molecule is CC(C)C1CC2(CCN(C(=O)OC(C)(C)C)C2)NC1=O. The summed E-state index contributed by atoms with van der Waals surface area (Å²) >= 11 is 0. The van der Waals surface area contributed by atoms with E-state index in [0.717, 1.165) is 12.8 Å². The van der Waals surface area contributed by atoms with Crippen LogP contribution in [-0.2, 0) is 9.53 Å². The van der Waals surface area contributed by atoms with E-state index < -0.39 is 5.60 Å². The summed E-state index contributed by atoms with van der Waals surface area (Å²) in [6, 6.07) is 0. The van der Waals surface area contributed by atoms with E-state index in [4.69, 9.17) is 4.74 Å². The Morgan fingerprint density at radius 1 is 1.45 bits per heavy atom. The highest BCUT2D eigenvalue weighted by Gasteiger charge is 2.50. The molecule has 2 rings (SSSR count). The number of hydrogen-bond acceptors (Lipinski definition) is 3. The van der Waals surface area contributed by atoms with Crippen LogP contribution in [0.4, 0.5) is 4.79 Å². The fourth-order valence-electron chi connectivity index (χ4n) is 3.08. The Kier molecular flexibility index (Phi) is 3.73. The van der Waals surface area contributed by atoms with Gasteiger partial charge >= 0.3 is 6.09 Å². The van der Waals surface area contributed by atoms with Gasteiger partial charge in [0, 0.05) is 19.0 Å². The first-order chi connectivity index (χ1) is 9.12. The number of nitrogens with one attached hydrogen (secondary N) is 1. The Morgan fingerprint density at radius 3 is 2.60 bits per heavy atom.